The topological polar surface area (TPSA) is 98.7 Å². The molecule has 1 aliphatic heterocycles. The Morgan fingerprint density at radius 2 is 2.08 bits per heavy atom. The van der Waals surface area contributed by atoms with E-state index in [0.717, 1.165) is 5.75 Å². The van der Waals surface area contributed by atoms with Crippen LogP contribution in [0.1, 0.15) is 16.4 Å². The number of aromatic nitrogens is 1. The number of carbonyl (C=O) groups is 2. The van der Waals surface area contributed by atoms with Crippen LogP contribution in [-0.4, -0.2) is 41.4 Å². The maximum absolute atomic E-state index is 12.5. The van der Waals surface area contributed by atoms with Crippen LogP contribution in [0.2, 0.25) is 0 Å². The third kappa shape index (κ3) is 3.40. The molecule has 0 unspecified atom stereocenters. The average molecular weight is 329 g/mol. The van der Waals surface area contributed by atoms with E-state index in [1.165, 1.54) is 6.26 Å². The summed E-state index contributed by atoms with van der Waals surface area (Å²) in [4.78, 5) is 29.8. The number of rotatable bonds is 5. The zero-order valence-electron chi connectivity index (χ0n) is 13.3. The molecule has 2 aromatic rings. The second kappa shape index (κ2) is 6.74. The summed E-state index contributed by atoms with van der Waals surface area (Å²) in [5.74, 6) is -0.139. The van der Waals surface area contributed by atoms with Gasteiger partial charge in [0.05, 0.1) is 12.5 Å². The quantitative estimate of drug-likeness (QED) is 0.889. The second-order valence-electron chi connectivity index (χ2n) is 5.85. The first-order valence-corrected chi connectivity index (χ1v) is 7.73. The lowest BCUT2D eigenvalue weighted by atomic mass is 9.96. The highest BCUT2D eigenvalue weighted by molar-refractivity contribution is 5.93. The molecule has 7 heteroatoms. The van der Waals surface area contributed by atoms with Gasteiger partial charge in [-0.05, 0) is 12.1 Å². The van der Waals surface area contributed by atoms with Crippen molar-refractivity contribution < 1.29 is 18.7 Å². The molecule has 2 N–H and O–H groups in total. The number of hydrogen-bond acceptors (Lipinski definition) is 5. The molecular weight excluding hydrogens is 310 g/mol. The number of nitrogens with zero attached hydrogens (tertiary/aromatic N) is 2. The zero-order chi connectivity index (χ0) is 17.1. The van der Waals surface area contributed by atoms with Gasteiger partial charge in [-0.15, -0.1) is 0 Å². The molecule has 24 heavy (non-hydrogen) atoms. The van der Waals surface area contributed by atoms with Crippen molar-refractivity contribution in [3.63, 3.8) is 0 Å². The minimum atomic E-state index is -0.439. The van der Waals surface area contributed by atoms with E-state index >= 15 is 0 Å². The molecule has 0 spiro atoms. The number of primary amides is 1. The molecule has 1 aromatic carbocycles. The minimum absolute atomic E-state index is 0.153. The molecule has 0 bridgehead atoms. The Balaban J connectivity index is 1.67. The van der Waals surface area contributed by atoms with E-state index in [-0.39, 0.29) is 24.1 Å². The Labute approximate surface area is 139 Å². The van der Waals surface area contributed by atoms with E-state index in [4.69, 9.17) is 14.9 Å². The van der Waals surface area contributed by atoms with Gasteiger partial charge in [-0.3, -0.25) is 9.59 Å². The van der Waals surface area contributed by atoms with Crippen molar-refractivity contribution in [2.45, 2.75) is 6.92 Å². The van der Waals surface area contributed by atoms with Gasteiger partial charge < -0.3 is 19.8 Å². The second-order valence-corrected chi connectivity index (χ2v) is 5.85. The van der Waals surface area contributed by atoms with Crippen molar-refractivity contribution >= 4 is 11.8 Å². The third-order valence-electron chi connectivity index (χ3n) is 4.14. The maximum Gasteiger partial charge on any atom is 0.275 e. The van der Waals surface area contributed by atoms with Crippen molar-refractivity contribution in [1.82, 2.24) is 9.88 Å². The summed E-state index contributed by atoms with van der Waals surface area (Å²) in [5.41, 5.74) is 5.73. The number of oxazole rings is 1. The standard InChI is InChI=1S/C17H19N3O4/c1-11-19-15(10-23-11)17(22)20-7-12(14(8-20)16(18)21)9-24-13-5-3-2-4-6-13/h2-6,10,12,14H,7-9H2,1H3,(H2,18,21)/t12-,14+/m0/s1. The molecule has 0 saturated carbocycles. The van der Waals surface area contributed by atoms with Gasteiger partial charge in [0, 0.05) is 25.9 Å². The number of carbonyl (C=O) groups excluding carboxylic acids is 2. The Hall–Kier alpha value is -2.83. The van der Waals surface area contributed by atoms with Crippen LogP contribution < -0.4 is 10.5 Å². The predicted molar refractivity (Wildman–Crippen MR) is 85.3 cm³/mol. The molecule has 1 aromatic heterocycles. The highest BCUT2D eigenvalue weighted by atomic mass is 16.5. The summed E-state index contributed by atoms with van der Waals surface area (Å²) in [6.45, 7) is 2.65. The van der Waals surface area contributed by atoms with Gasteiger partial charge in [0.15, 0.2) is 11.6 Å². The fraction of sp³-hybridized carbons (Fsp3) is 0.353. The van der Waals surface area contributed by atoms with E-state index in [9.17, 15) is 9.59 Å². The lowest BCUT2D eigenvalue weighted by Gasteiger charge is -2.16. The van der Waals surface area contributed by atoms with Crippen molar-refractivity contribution in [2.24, 2.45) is 17.6 Å². The molecule has 2 heterocycles. The molecule has 1 fully saturated rings. The van der Waals surface area contributed by atoms with Gasteiger partial charge in [-0.2, -0.15) is 0 Å². The van der Waals surface area contributed by atoms with Gasteiger partial charge in [-0.25, -0.2) is 4.98 Å². The molecule has 1 saturated heterocycles. The average Bonchev–Trinajstić information content (AvgIpc) is 3.20. The van der Waals surface area contributed by atoms with Gasteiger partial charge in [0.1, 0.15) is 12.0 Å². The van der Waals surface area contributed by atoms with E-state index in [1.54, 1.807) is 11.8 Å². The molecule has 0 aliphatic carbocycles. The Kier molecular flexibility index (Phi) is 4.50. The fourth-order valence-electron chi connectivity index (χ4n) is 2.87. The van der Waals surface area contributed by atoms with Gasteiger partial charge in [-0.1, -0.05) is 18.2 Å². The van der Waals surface area contributed by atoms with Crippen LogP contribution in [0.4, 0.5) is 0 Å². The summed E-state index contributed by atoms with van der Waals surface area (Å²) in [6.07, 6.45) is 1.32. The van der Waals surface area contributed by atoms with Crippen LogP contribution in [0.3, 0.4) is 0 Å². The van der Waals surface area contributed by atoms with E-state index < -0.39 is 11.8 Å². The monoisotopic (exact) mass is 329 g/mol. The highest BCUT2D eigenvalue weighted by Crippen LogP contribution is 2.26. The van der Waals surface area contributed by atoms with Crippen LogP contribution in [0, 0.1) is 18.8 Å². The summed E-state index contributed by atoms with van der Waals surface area (Å²) in [5, 5.41) is 0. The minimum Gasteiger partial charge on any atom is -0.493 e. The van der Waals surface area contributed by atoms with Gasteiger partial charge in [0.2, 0.25) is 5.91 Å². The van der Waals surface area contributed by atoms with Crippen molar-refractivity contribution in [3.05, 3.63) is 48.2 Å². The summed E-state index contributed by atoms with van der Waals surface area (Å²) in [7, 11) is 0. The lowest BCUT2D eigenvalue weighted by Crippen LogP contribution is -2.33. The molecule has 7 nitrogen and oxygen atoms in total. The van der Waals surface area contributed by atoms with Crippen LogP contribution in [-0.2, 0) is 4.79 Å². The van der Waals surface area contributed by atoms with E-state index in [2.05, 4.69) is 4.98 Å². The first-order chi connectivity index (χ1) is 11.5. The molecule has 126 valence electrons. The lowest BCUT2D eigenvalue weighted by molar-refractivity contribution is -0.122. The number of likely N-dealkylation sites (tertiary alicyclic amines) is 1. The molecular formula is C17H19N3O4. The van der Waals surface area contributed by atoms with Crippen molar-refractivity contribution in [2.75, 3.05) is 19.7 Å². The predicted octanol–water partition coefficient (Wildman–Crippen LogP) is 1.24. The molecule has 0 radical (unpaired) electrons. The molecule has 2 amide bonds. The van der Waals surface area contributed by atoms with Crippen LogP contribution >= 0.6 is 0 Å². The summed E-state index contributed by atoms with van der Waals surface area (Å²) < 4.78 is 10.8. The number of benzene rings is 1. The summed E-state index contributed by atoms with van der Waals surface area (Å²) >= 11 is 0. The molecule has 3 rings (SSSR count). The highest BCUT2D eigenvalue weighted by Gasteiger charge is 2.39. The van der Waals surface area contributed by atoms with Crippen LogP contribution in [0.15, 0.2) is 41.0 Å². The fourth-order valence-corrected chi connectivity index (χ4v) is 2.87. The zero-order valence-corrected chi connectivity index (χ0v) is 13.3. The molecule has 2 atom stereocenters. The summed E-state index contributed by atoms with van der Waals surface area (Å²) in [6, 6.07) is 9.33. The van der Waals surface area contributed by atoms with Crippen LogP contribution in [0.5, 0.6) is 5.75 Å². The van der Waals surface area contributed by atoms with Gasteiger partial charge >= 0.3 is 0 Å². The number of hydrogen-bond donors (Lipinski definition) is 1. The maximum atomic E-state index is 12.5. The Morgan fingerprint density at radius 1 is 1.33 bits per heavy atom. The van der Waals surface area contributed by atoms with Crippen molar-refractivity contribution in [3.8, 4) is 5.75 Å². The Bertz CT molecular complexity index is 728. The number of para-hydroxylation sites is 1. The number of aryl methyl sites for hydroxylation is 1. The smallest absolute Gasteiger partial charge is 0.275 e. The number of nitrogens with two attached hydrogens (primary N) is 1. The third-order valence-corrected chi connectivity index (χ3v) is 4.14. The van der Waals surface area contributed by atoms with Crippen LogP contribution in [0.25, 0.3) is 0 Å². The first kappa shape index (κ1) is 16.0. The number of ether oxygens (including phenoxy) is 1. The SMILES string of the molecule is Cc1nc(C(=O)N2C[C@@H](COc3ccccc3)[C@H](C(N)=O)C2)co1. The first-order valence-electron chi connectivity index (χ1n) is 7.73. The molecule has 1 aliphatic rings. The largest absolute Gasteiger partial charge is 0.493 e. The normalized spacial score (nSPS) is 20.1. The van der Waals surface area contributed by atoms with E-state index in [1.807, 2.05) is 30.3 Å². The van der Waals surface area contributed by atoms with E-state index in [0.29, 0.717) is 19.0 Å². The number of amides is 2. The Morgan fingerprint density at radius 3 is 2.71 bits per heavy atom. The van der Waals surface area contributed by atoms with Gasteiger partial charge in [0.25, 0.3) is 5.91 Å². The van der Waals surface area contributed by atoms with Crippen molar-refractivity contribution in [1.29, 1.82) is 0 Å².